The quantitative estimate of drug-likeness (QED) is 0.803. The number of aromatic nitrogens is 2. The number of nitrogen functional groups attached to an aromatic ring is 1. The summed E-state index contributed by atoms with van der Waals surface area (Å²) in [6.45, 7) is 0.650. The smallest absolute Gasteiger partial charge is 0.223 e. The maximum absolute atomic E-state index is 8.96. The third-order valence-electron chi connectivity index (χ3n) is 3.16. The van der Waals surface area contributed by atoms with Crippen LogP contribution < -0.4 is 10.6 Å². The molecule has 3 rings (SSSR count). The Morgan fingerprint density at radius 3 is 3.00 bits per heavy atom. The second-order valence-corrected chi connectivity index (χ2v) is 5.61. The molecule has 2 heterocycles. The van der Waals surface area contributed by atoms with Crippen LogP contribution >= 0.6 is 11.3 Å². The SMILES string of the molecule is CN(Cc1cccc(C#N)c1)c1nc(N)nc2sccc12. The van der Waals surface area contributed by atoms with Crippen molar-refractivity contribution < 1.29 is 0 Å². The lowest BCUT2D eigenvalue weighted by Gasteiger charge is -2.19. The van der Waals surface area contributed by atoms with Crippen molar-refractivity contribution in [2.24, 2.45) is 0 Å². The molecule has 5 nitrogen and oxygen atoms in total. The normalized spacial score (nSPS) is 10.5. The van der Waals surface area contributed by atoms with Gasteiger partial charge in [0.25, 0.3) is 0 Å². The summed E-state index contributed by atoms with van der Waals surface area (Å²) in [6, 6.07) is 11.7. The first-order valence-electron chi connectivity index (χ1n) is 6.38. The molecule has 3 aromatic rings. The third-order valence-corrected chi connectivity index (χ3v) is 3.97. The number of nitrogens with two attached hydrogens (primary N) is 1. The van der Waals surface area contributed by atoms with Gasteiger partial charge in [-0.25, -0.2) is 4.98 Å². The molecule has 0 bridgehead atoms. The Balaban J connectivity index is 1.95. The highest BCUT2D eigenvalue weighted by Crippen LogP contribution is 2.28. The summed E-state index contributed by atoms with van der Waals surface area (Å²) < 4.78 is 0. The third kappa shape index (κ3) is 2.64. The van der Waals surface area contributed by atoms with E-state index in [2.05, 4.69) is 16.0 Å². The van der Waals surface area contributed by atoms with Gasteiger partial charge in [0.15, 0.2) is 0 Å². The fraction of sp³-hybridized carbons (Fsp3) is 0.133. The predicted molar refractivity (Wildman–Crippen MR) is 85.1 cm³/mol. The van der Waals surface area contributed by atoms with Crippen LogP contribution in [0.1, 0.15) is 11.1 Å². The molecule has 0 aliphatic rings. The molecule has 0 fully saturated rings. The molecule has 21 heavy (non-hydrogen) atoms. The lowest BCUT2D eigenvalue weighted by molar-refractivity contribution is 0.902. The van der Waals surface area contributed by atoms with Crippen molar-refractivity contribution >= 4 is 33.3 Å². The van der Waals surface area contributed by atoms with Crippen molar-refractivity contribution in [3.05, 3.63) is 46.8 Å². The van der Waals surface area contributed by atoms with Gasteiger partial charge < -0.3 is 10.6 Å². The Kier molecular flexibility index (Phi) is 3.42. The molecule has 0 saturated carbocycles. The van der Waals surface area contributed by atoms with Crippen LogP contribution in [0.15, 0.2) is 35.7 Å². The van der Waals surface area contributed by atoms with Crippen LogP contribution in [-0.2, 0) is 6.54 Å². The van der Waals surface area contributed by atoms with E-state index in [0.717, 1.165) is 21.6 Å². The van der Waals surface area contributed by atoms with Crippen LogP contribution in [0.2, 0.25) is 0 Å². The first-order chi connectivity index (χ1) is 10.2. The molecule has 2 aromatic heterocycles. The molecule has 104 valence electrons. The second kappa shape index (κ2) is 5.38. The number of nitriles is 1. The maximum atomic E-state index is 8.96. The van der Waals surface area contributed by atoms with Crippen molar-refractivity contribution in [3.63, 3.8) is 0 Å². The molecular weight excluding hydrogens is 282 g/mol. The summed E-state index contributed by atoms with van der Waals surface area (Å²) in [4.78, 5) is 11.5. The fourth-order valence-corrected chi connectivity index (χ4v) is 3.00. The zero-order chi connectivity index (χ0) is 14.8. The van der Waals surface area contributed by atoms with Gasteiger partial charge in [-0.2, -0.15) is 10.2 Å². The Labute approximate surface area is 126 Å². The minimum Gasteiger partial charge on any atom is -0.368 e. The van der Waals surface area contributed by atoms with Gasteiger partial charge in [0.2, 0.25) is 5.95 Å². The highest BCUT2D eigenvalue weighted by Gasteiger charge is 2.12. The Morgan fingerprint density at radius 2 is 2.19 bits per heavy atom. The van der Waals surface area contributed by atoms with E-state index < -0.39 is 0 Å². The van der Waals surface area contributed by atoms with Crippen molar-refractivity contribution in [1.82, 2.24) is 9.97 Å². The number of anilines is 2. The van der Waals surface area contributed by atoms with Crippen LogP contribution in [-0.4, -0.2) is 17.0 Å². The molecule has 0 radical (unpaired) electrons. The first-order valence-corrected chi connectivity index (χ1v) is 7.26. The van der Waals surface area contributed by atoms with E-state index >= 15 is 0 Å². The average Bonchev–Trinajstić information content (AvgIpc) is 2.94. The summed E-state index contributed by atoms with van der Waals surface area (Å²) >= 11 is 1.54. The zero-order valence-electron chi connectivity index (χ0n) is 11.4. The highest BCUT2D eigenvalue weighted by molar-refractivity contribution is 7.16. The average molecular weight is 295 g/mol. The number of fused-ring (bicyclic) bond motifs is 1. The highest BCUT2D eigenvalue weighted by atomic mass is 32.1. The molecule has 0 atom stereocenters. The van der Waals surface area contributed by atoms with Crippen LogP contribution in [0.4, 0.5) is 11.8 Å². The Morgan fingerprint density at radius 1 is 1.33 bits per heavy atom. The van der Waals surface area contributed by atoms with Crippen LogP contribution in [0.25, 0.3) is 10.2 Å². The molecule has 0 amide bonds. The lowest BCUT2D eigenvalue weighted by atomic mass is 10.1. The Bertz CT molecular complexity index is 833. The van der Waals surface area contributed by atoms with E-state index in [1.807, 2.05) is 41.6 Å². The number of benzene rings is 1. The number of rotatable bonds is 3. The number of nitrogens with zero attached hydrogens (tertiary/aromatic N) is 4. The first kappa shape index (κ1) is 13.3. The van der Waals surface area contributed by atoms with Gasteiger partial charge in [0, 0.05) is 13.6 Å². The van der Waals surface area contributed by atoms with Crippen LogP contribution in [0.3, 0.4) is 0 Å². The van der Waals surface area contributed by atoms with Gasteiger partial charge in [-0.1, -0.05) is 12.1 Å². The summed E-state index contributed by atoms with van der Waals surface area (Å²) in [5.74, 6) is 1.08. The summed E-state index contributed by atoms with van der Waals surface area (Å²) in [5.41, 5.74) is 7.48. The van der Waals surface area contributed by atoms with E-state index in [1.54, 1.807) is 17.4 Å². The van der Waals surface area contributed by atoms with E-state index in [4.69, 9.17) is 11.0 Å². The van der Waals surface area contributed by atoms with E-state index in [-0.39, 0.29) is 5.95 Å². The molecule has 1 aromatic carbocycles. The molecule has 0 aliphatic heterocycles. The monoisotopic (exact) mass is 295 g/mol. The van der Waals surface area contributed by atoms with Gasteiger partial charge >= 0.3 is 0 Å². The zero-order valence-corrected chi connectivity index (χ0v) is 12.3. The molecule has 0 aliphatic carbocycles. The summed E-state index contributed by atoms with van der Waals surface area (Å²) in [7, 11) is 1.96. The predicted octanol–water partition coefficient (Wildman–Crippen LogP) is 2.78. The van der Waals surface area contributed by atoms with Gasteiger partial charge in [0.05, 0.1) is 17.0 Å². The fourth-order valence-electron chi connectivity index (χ4n) is 2.23. The van der Waals surface area contributed by atoms with Crippen molar-refractivity contribution in [1.29, 1.82) is 5.26 Å². The van der Waals surface area contributed by atoms with E-state index in [9.17, 15) is 0 Å². The minimum atomic E-state index is 0.276. The van der Waals surface area contributed by atoms with Crippen LogP contribution in [0.5, 0.6) is 0 Å². The summed E-state index contributed by atoms with van der Waals surface area (Å²) in [6.07, 6.45) is 0. The molecular formula is C15H13N5S. The molecule has 0 spiro atoms. The van der Waals surface area contributed by atoms with Crippen molar-refractivity contribution in [2.75, 3.05) is 17.7 Å². The van der Waals surface area contributed by atoms with Crippen molar-refractivity contribution in [2.45, 2.75) is 6.54 Å². The number of hydrogen-bond acceptors (Lipinski definition) is 6. The number of thiophene rings is 1. The lowest BCUT2D eigenvalue weighted by Crippen LogP contribution is -2.18. The van der Waals surface area contributed by atoms with Crippen LogP contribution in [0, 0.1) is 11.3 Å². The van der Waals surface area contributed by atoms with E-state index in [0.29, 0.717) is 12.1 Å². The van der Waals surface area contributed by atoms with E-state index in [1.165, 1.54) is 0 Å². The van der Waals surface area contributed by atoms with Gasteiger partial charge in [0.1, 0.15) is 10.6 Å². The van der Waals surface area contributed by atoms with Gasteiger partial charge in [-0.05, 0) is 29.1 Å². The Hall–Kier alpha value is -2.65. The molecule has 2 N–H and O–H groups in total. The van der Waals surface area contributed by atoms with Gasteiger partial charge in [-0.15, -0.1) is 11.3 Å². The topological polar surface area (TPSA) is 78.8 Å². The molecule has 0 saturated heterocycles. The minimum absolute atomic E-state index is 0.276. The number of hydrogen-bond donors (Lipinski definition) is 1. The maximum Gasteiger partial charge on any atom is 0.223 e. The molecule has 6 heteroatoms. The largest absolute Gasteiger partial charge is 0.368 e. The van der Waals surface area contributed by atoms with Crippen molar-refractivity contribution in [3.8, 4) is 6.07 Å². The molecule has 0 unspecified atom stereocenters. The standard InChI is InChI=1S/C15H13N5S/c1-20(9-11-4-2-3-10(7-11)8-16)13-12-5-6-21-14(12)19-15(17)18-13/h2-7H,9H2,1H3,(H2,17,18,19). The summed E-state index contributed by atoms with van der Waals surface area (Å²) in [5, 5.41) is 11.9. The van der Waals surface area contributed by atoms with Gasteiger partial charge in [-0.3, -0.25) is 0 Å². The second-order valence-electron chi connectivity index (χ2n) is 4.71.